The highest BCUT2D eigenvalue weighted by atomic mass is 79.9. The van der Waals surface area contributed by atoms with E-state index in [1.165, 1.54) is 6.92 Å². The normalized spacial score (nSPS) is 10.4. The van der Waals surface area contributed by atoms with Crippen molar-refractivity contribution in [2.75, 3.05) is 5.32 Å². The first-order valence-electron chi connectivity index (χ1n) is 6.17. The molecule has 0 radical (unpaired) electrons. The third-order valence-corrected chi connectivity index (χ3v) is 3.65. The molecule has 1 heterocycles. The van der Waals surface area contributed by atoms with Gasteiger partial charge in [-0.1, -0.05) is 15.9 Å². The molecule has 0 aliphatic rings. The molecule has 1 aromatic heterocycles. The minimum absolute atomic E-state index is 0.0426. The van der Waals surface area contributed by atoms with Gasteiger partial charge >= 0.3 is 0 Å². The predicted molar refractivity (Wildman–Crippen MR) is 82.4 cm³/mol. The van der Waals surface area contributed by atoms with Crippen LogP contribution in [0, 0.1) is 13.8 Å². The van der Waals surface area contributed by atoms with Crippen molar-refractivity contribution >= 4 is 33.3 Å². The zero-order chi connectivity index (χ0) is 14.9. The molecular formula is C15H15BrN2O2. The standard InChI is InChI=1S/C15H15BrN2O2/c1-8-13(10(3)19)9(2)17-14(8)15(20)18-12-6-4-11(16)5-7-12/h4-7,17H,1-3H3,(H,18,20). The van der Waals surface area contributed by atoms with Gasteiger partial charge < -0.3 is 10.3 Å². The van der Waals surface area contributed by atoms with E-state index in [9.17, 15) is 9.59 Å². The highest BCUT2D eigenvalue weighted by Crippen LogP contribution is 2.20. The highest BCUT2D eigenvalue weighted by molar-refractivity contribution is 9.10. The molecule has 1 aromatic carbocycles. The Morgan fingerprint density at radius 1 is 1.15 bits per heavy atom. The van der Waals surface area contributed by atoms with Gasteiger partial charge in [-0.15, -0.1) is 0 Å². The van der Waals surface area contributed by atoms with Crippen molar-refractivity contribution in [1.82, 2.24) is 4.98 Å². The van der Waals surface area contributed by atoms with Gasteiger partial charge in [-0.05, 0) is 50.6 Å². The quantitative estimate of drug-likeness (QED) is 0.837. The fourth-order valence-electron chi connectivity index (χ4n) is 2.23. The second-order valence-electron chi connectivity index (χ2n) is 4.64. The van der Waals surface area contributed by atoms with E-state index in [4.69, 9.17) is 0 Å². The van der Waals surface area contributed by atoms with Gasteiger partial charge in [0.1, 0.15) is 5.69 Å². The molecule has 0 saturated carbocycles. The first-order chi connectivity index (χ1) is 9.40. The van der Waals surface area contributed by atoms with Gasteiger partial charge in [-0.3, -0.25) is 9.59 Å². The summed E-state index contributed by atoms with van der Waals surface area (Å²) in [7, 11) is 0. The van der Waals surface area contributed by atoms with E-state index in [1.807, 2.05) is 12.1 Å². The summed E-state index contributed by atoms with van der Waals surface area (Å²) in [6, 6.07) is 7.31. The number of Topliss-reactive ketones (excluding diaryl/α,β-unsaturated/α-hetero) is 1. The number of aromatic amines is 1. The van der Waals surface area contributed by atoms with E-state index in [-0.39, 0.29) is 11.7 Å². The Labute approximate surface area is 125 Å². The van der Waals surface area contributed by atoms with Gasteiger partial charge in [0.25, 0.3) is 5.91 Å². The summed E-state index contributed by atoms with van der Waals surface area (Å²) in [4.78, 5) is 26.8. The highest BCUT2D eigenvalue weighted by Gasteiger charge is 2.19. The Balaban J connectivity index is 2.28. The summed E-state index contributed by atoms with van der Waals surface area (Å²) in [6.45, 7) is 5.07. The molecule has 20 heavy (non-hydrogen) atoms. The molecule has 4 nitrogen and oxygen atoms in total. The van der Waals surface area contributed by atoms with Crippen LogP contribution in [-0.2, 0) is 0 Å². The van der Waals surface area contributed by atoms with Crippen molar-refractivity contribution in [1.29, 1.82) is 0 Å². The molecule has 0 aliphatic heterocycles. The zero-order valence-corrected chi connectivity index (χ0v) is 13.1. The minimum Gasteiger partial charge on any atom is -0.354 e. The van der Waals surface area contributed by atoms with Crippen molar-refractivity contribution in [3.05, 3.63) is 51.3 Å². The molecule has 2 N–H and O–H groups in total. The van der Waals surface area contributed by atoms with E-state index in [0.717, 1.165) is 10.2 Å². The van der Waals surface area contributed by atoms with E-state index < -0.39 is 0 Å². The molecule has 1 amide bonds. The molecule has 0 bridgehead atoms. The Morgan fingerprint density at radius 2 is 1.75 bits per heavy atom. The zero-order valence-electron chi connectivity index (χ0n) is 11.5. The van der Waals surface area contributed by atoms with E-state index in [1.54, 1.807) is 26.0 Å². The van der Waals surface area contributed by atoms with E-state index in [2.05, 4.69) is 26.2 Å². The lowest BCUT2D eigenvalue weighted by Crippen LogP contribution is -2.13. The number of halogens is 1. The Bertz CT molecular complexity index is 672. The van der Waals surface area contributed by atoms with Crippen LogP contribution in [0.5, 0.6) is 0 Å². The molecule has 5 heteroatoms. The molecule has 0 fully saturated rings. The maximum atomic E-state index is 12.2. The average molecular weight is 335 g/mol. The topological polar surface area (TPSA) is 62.0 Å². The number of carbonyl (C=O) groups excluding carboxylic acids is 2. The van der Waals surface area contributed by atoms with Gasteiger partial charge in [0.15, 0.2) is 5.78 Å². The number of amides is 1. The lowest BCUT2D eigenvalue weighted by molar-refractivity contribution is 0.101. The first-order valence-corrected chi connectivity index (χ1v) is 6.96. The van der Waals surface area contributed by atoms with Crippen LogP contribution < -0.4 is 5.32 Å². The van der Waals surface area contributed by atoms with E-state index in [0.29, 0.717) is 22.5 Å². The Morgan fingerprint density at radius 3 is 2.25 bits per heavy atom. The van der Waals surface area contributed by atoms with Crippen molar-refractivity contribution in [3.63, 3.8) is 0 Å². The van der Waals surface area contributed by atoms with Gasteiger partial charge in [0.05, 0.1) is 0 Å². The second-order valence-corrected chi connectivity index (χ2v) is 5.56. The number of hydrogen-bond acceptors (Lipinski definition) is 2. The molecule has 104 valence electrons. The number of hydrogen-bond donors (Lipinski definition) is 2. The maximum absolute atomic E-state index is 12.2. The van der Waals surface area contributed by atoms with Gasteiger partial charge in [-0.2, -0.15) is 0 Å². The SMILES string of the molecule is CC(=O)c1c(C)[nH]c(C(=O)Nc2ccc(Br)cc2)c1C. The lowest BCUT2D eigenvalue weighted by atomic mass is 10.1. The van der Waals surface area contributed by atoms with Crippen LogP contribution in [0.25, 0.3) is 0 Å². The molecule has 0 unspecified atom stereocenters. The first kappa shape index (κ1) is 14.5. The third-order valence-electron chi connectivity index (χ3n) is 3.12. The van der Waals surface area contributed by atoms with Crippen molar-refractivity contribution < 1.29 is 9.59 Å². The number of anilines is 1. The number of carbonyl (C=O) groups is 2. The van der Waals surface area contributed by atoms with Crippen LogP contribution in [0.2, 0.25) is 0 Å². The van der Waals surface area contributed by atoms with Crippen LogP contribution >= 0.6 is 15.9 Å². The molecular weight excluding hydrogens is 320 g/mol. The minimum atomic E-state index is -0.250. The number of rotatable bonds is 3. The average Bonchev–Trinajstić information content (AvgIpc) is 2.67. The van der Waals surface area contributed by atoms with Gasteiger partial charge in [0.2, 0.25) is 0 Å². The number of H-pyrrole nitrogens is 1. The number of benzene rings is 1. The van der Waals surface area contributed by atoms with Crippen molar-refractivity contribution in [2.45, 2.75) is 20.8 Å². The van der Waals surface area contributed by atoms with Crippen LogP contribution in [0.4, 0.5) is 5.69 Å². The lowest BCUT2D eigenvalue weighted by Gasteiger charge is -2.05. The fraction of sp³-hybridized carbons (Fsp3) is 0.200. The number of ketones is 1. The Kier molecular flexibility index (Phi) is 4.09. The molecule has 0 saturated heterocycles. The third kappa shape index (κ3) is 2.82. The summed E-state index contributed by atoms with van der Waals surface area (Å²) in [6.07, 6.45) is 0. The summed E-state index contributed by atoms with van der Waals surface area (Å²) < 4.78 is 0.946. The van der Waals surface area contributed by atoms with Crippen LogP contribution in [0.15, 0.2) is 28.7 Å². The monoisotopic (exact) mass is 334 g/mol. The van der Waals surface area contributed by atoms with Crippen LogP contribution in [-0.4, -0.2) is 16.7 Å². The van der Waals surface area contributed by atoms with Gasteiger partial charge in [-0.25, -0.2) is 0 Å². The largest absolute Gasteiger partial charge is 0.354 e. The van der Waals surface area contributed by atoms with Crippen LogP contribution in [0.1, 0.15) is 39.0 Å². The second kappa shape index (κ2) is 5.63. The summed E-state index contributed by atoms with van der Waals surface area (Å²) in [5, 5.41) is 2.80. The molecule has 0 spiro atoms. The number of aryl methyl sites for hydroxylation is 1. The fourth-order valence-corrected chi connectivity index (χ4v) is 2.50. The van der Waals surface area contributed by atoms with Crippen LogP contribution in [0.3, 0.4) is 0 Å². The Hall–Kier alpha value is -1.88. The number of nitrogens with one attached hydrogen (secondary N) is 2. The van der Waals surface area contributed by atoms with E-state index >= 15 is 0 Å². The predicted octanol–water partition coefficient (Wildman–Crippen LogP) is 3.85. The molecule has 0 aliphatic carbocycles. The summed E-state index contributed by atoms with van der Waals surface area (Å²) in [5.74, 6) is -0.292. The van der Waals surface area contributed by atoms with Crippen molar-refractivity contribution in [2.24, 2.45) is 0 Å². The van der Waals surface area contributed by atoms with Crippen molar-refractivity contribution in [3.8, 4) is 0 Å². The smallest absolute Gasteiger partial charge is 0.272 e. The molecule has 2 aromatic rings. The summed E-state index contributed by atoms with van der Waals surface area (Å²) in [5.41, 5.74) is 3.12. The maximum Gasteiger partial charge on any atom is 0.272 e. The molecule has 0 atom stereocenters. The molecule has 2 rings (SSSR count). The summed E-state index contributed by atoms with van der Waals surface area (Å²) >= 11 is 3.34. The number of aromatic nitrogens is 1. The van der Waals surface area contributed by atoms with Gasteiger partial charge in [0, 0.05) is 21.4 Å².